The molecule has 160 valence electrons. The number of amides is 2. The summed E-state index contributed by atoms with van der Waals surface area (Å²) in [4.78, 5) is 27.5. The minimum absolute atomic E-state index is 0.102. The van der Waals surface area contributed by atoms with Crippen LogP contribution in [0.3, 0.4) is 0 Å². The third-order valence-electron chi connectivity index (χ3n) is 5.49. The number of nitrogens with zero attached hydrogens (tertiary/aromatic N) is 1. The minimum Gasteiger partial charge on any atom is -0.484 e. The second-order valence-electron chi connectivity index (χ2n) is 7.77. The first kappa shape index (κ1) is 22.3. The van der Waals surface area contributed by atoms with E-state index in [9.17, 15) is 9.59 Å². The van der Waals surface area contributed by atoms with Gasteiger partial charge in [0, 0.05) is 17.1 Å². The van der Waals surface area contributed by atoms with Crippen LogP contribution in [0.15, 0.2) is 59.1 Å². The number of benzene rings is 2. The molecule has 2 aromatic rings. The van der Waals surface area contributed by atoms with Crippen LogP contribution in [0.1, 0.15) is 44.6 Å². The Hall–Kier alpha value is -2.34. The van der Waals surface area contributed by atoms with Crippen LogP contribution in [0.2, 0.25) is 0 Å². The van der Waals surface area contributed by atoms with Crippen LogP contribution in [-0.4, -0.2) is 35.4 Å². The van der Waals surface area contributed by atoms with E-state index in [0.29, 0.717) is 12.3 Å². The van der Waals surface area contributed by atoms with Crippen molar-refractivity contribution in [3.05, 3.63) is 64.6 Å². The summed E-state index contributed by atoms with van der Waals surface area (Å²) in [6.07, 6.45) is 5.55. The first-order valence-corrected chi connectivity index (χ1v) is 11.3. The Bertz CT molecular complexity index is 820. The highest BCUT2D eigenvalue weighted by Gasteiger charge is 2.28. The predicted molar refractivity (Wildman–Crippen MR) is 121 cm³/mol. The van der Waals surface area contributed by atoms with Crippen LogP contribution in [-0.2, 0) is 16.1 Å². The zero-order valence-corrected chi connectivity index (χ0v) is 18.9. The van der Waals surface area contributed by atoms with Gasteiger partial charge >= 0.3 is 0 Å². The molecule has 1 unspecified atom stereocenters. The van der Waals surface area contributed by atoms with Gasteiger partial charge in [-0.15, -0.1) is 0 Å². The summed E-state index contributed by atoms with van der Waals surface area (Å²) in [5.41, 5.74) is 0.979. The number of ether oxygens (including phenoxy) is 1. The lowest BCUT2D eigenvalue weighted by Crippen LogP contribution is -2.51. The molecule has 0 spiro atoms. The summed E-state index contributed by atoms with van der Waals surface area (Å²) in [7, 11) is 0. The molecule has 1 aliphatic rings. The predicted octanol–water partition coefficient (Wildman–Crippen LogP) is 4.69. The van der Waals surface area contributed by atoms with Crippen LogP contribution in [0.4, 0.5) is 0 Å². The largest absolute Gasteiger partial charge is 0.484 e. The van der Waals surface area contributed by atoms with E-state index >= 15 is 0 Å². The van der Waals surface area contributed by atoms with Gasteiger partial charge in [-0.3, -0.25) is 9.59 Å². The standard InChI is InChI=1S/C24H29BrN2O3/c1-18(24(29)26-21-10-6-3-7-11-21)27(16-19-8-4-2-5-9-19)23(28)17-30-22-14-12-20(25)13-15-22/h2,4-5,8-9,12-15,18,21H,3,6-7,10-11,16-17H2,1H3,(H,26,29). The Morgan fingerprint density at radius 3 is 2.40 bits per heavy atom. The molecule has 6 heteroatoms. The van der Waals surface area contributed by atoms with Gasteiger partial charge in [0.1, 0.15) is 11.8 Å². The SMILES string of the molecule is CC(C(=O)NC1CCCCC1)N(Cc1ccccc1)C(=O)COc1ccc(Br)cc1. The van der Waals surface area contributed by atoms with Crippen molar-refractivity contribution < 1.29 is 14.3 Å². The van der Waals surface area contributed by atoms with Crippen molar-refractivity contribution in [3.8, 4) is 5.75 Å². The van der Waals surface area contributed by atoms with E-state index in [-0.39, 0.29) is 24.5 Å². The van der Waals surface area contributed by atoms with E-state index in [1.165, 1.54) is 6.42 Å². The van der Waals surface area contributed by atoms with Crippen molar-refractivity contribution in [2.75, 3.05) is 6.61 Å². The lowest BCUT2D eigenvalue weighted by molar-refractivity contribution is -0.142. The maximum Gasteiger partial charge on any atom is 0.261 e. The monoisotopic (exact) mass is 472 g/mol. The Morgan fingerprint density at radius 2 is 1.73 bits per heavy atom. The molecule has 0 saturated heterocycles. The molecule has 1 N–H and O–H groups in total. The average molecular weight is 473 g/mol. The Balaban J connectivity index is 1.67. The lowest BCUT2D eigenvalue weighted by Gasteiger charge is -2.31. The van der Waals surface area contributed by atoms with Crippen molar-refractivity contribution in [1.82, 2.24) is 10.2 Å². The van der Waals surface area contributed by atoms with Gasteiger partial charge < -0.3 is 15.0 Å². The molecule has 2 amide bonds. The highest BCUT2D eigenvalue weighted by molar-refractivity contribution is 9.10. The van der Waals surface area contributed by atoms with Gasteiger partial charge in [-0.25, -0.2) is 0 Å². The molecular weight excluding hydrogens is 444 g/mol. The summed E-state index contributed by atoms with van der Waals surface area (Å²) in [5, 5.41) is 3.14. The molecule has 3 rings (SSSR count). The van der Waals surface area contributed by atoms with Gasteiger partial charge in [-0.05, 0) is 49.6 Å². The Kier molecular flexibility index (Phi) is 8.31. The molecule has 0 aromatic heterocycles. The number of carbonyl (C=O) groups excluding carboxylic acids is 2. The number of halogens is 1. The molecule has 1 atom stereocenters. The van der Waals surface area contributed by atoms with Gasteiger partial charge in [0.2, 0.25) is 5.91 Å². The van der Waals surface area contributed by atoms with Crippen molar-refractivity contribution in [2.45, 2.75) is 57.7 Å². The topological polar surface area (TPSA) is 58.6 Å². The molecule has 2 aromatic carbocycles. The van der Waals surface area contributed by atoms with Gasteiger partial charge in [0.25, 0.3) is 5.91 Å². The number of nitrogens with one attached hydrogen (secondary N) is 1. The molecule has 0 aliphatic heterocycles. The zero-order valence-electron chi connectivity index (χ0n) is 17.4. The first-order chi connectivity index (χ1) is 14.5. The fourth-order valence-corrected chi connectivity index (χ4v) is 3.95. The molecule has 1 fully saturated rings. The molecule has 1 saturated carbocycles. The third-order valence-corrected chi connectivity index (χ3v) is 6.02. The van der Waals surface area contributed by atoms with Crippen molar-refractivity contribution in [1.29, 1.82) is 0 Å². The average Bonchev–Trinajstić information content (AvgIpc) is 2.78. The van der Waals surface area contributed by atoms with Crippen LogP contribution < -0.4 is 10.1 Å². The molecule has 0 heterocycles. The quantitative estimate of drug-likeness (QED) is 0.605. The summed E-state index contributed by atoms with van der Waals surface area (Å²) < 4.78 is 6.62. The van der Waals surface area contributed by atoms with Gasteiger partial charge in [0.05, 0.1) is 0 Å². The molecule has 1 aliphatic carbocycles. The summed E-state index contributed by atoms with van der Waals surface area (Å²) >= 11 is 3.39. The van der Waals surface area contributed by atoms with E-state index < -0.39 is 6.04 Å². The van der Waals surface area contributed by atoms with E-state index in [4.69, 9.17) is 4.74 Å². The molecular formula is C24H29BrN2O3. The highest BCUT2D eigenvalue weighted by atomic mass is 79.9. The summed E-state index contributed by atoms with van der Waals surface area (Å²) in [6.45, 7) is 2.04. The second kappa shape index (κ2) is 11.2. The van der Waals surface area contributed by atoms with Gasteiger partial charge in [-0.2, -0.15) is 0 Å². The number of carbonyl (C=O) groups is 2. The fraction of sp³-hybridized carbons (Fsp3) is 0.417. The van der Waals surface area contributed by atoms with Crippen LogP contribution in [0, 0.1) is 0 Å². The van der Waals surface area contributed by atoms with E-state index in [2.05, 4.69) is 21.2 Å². The maximum atomic E-state index is 13.0. The Morgan fingerprint density at radius 1 is 1.07 bits per heavy atom. The van der Waals surface area contributed by atoms with Crippen LogP contribution in [0.5, 0.6) is 5.75 Å². The lowest BCUT2D eigenvalue weighted by atomic mass is 9.95. The van der Waals surface area contributed by atoms with Crippen molar-refractivity contribution in [3.63, 3.8) is 0 Å². The normalized spacial score (nSPS) is 15.3. The smallest absolute Gasteiger partial charge is 0.261 e. The fourth-order valence-electron chi connectivity index (χ4n) is 3.69. The Labute approximate surface area is 186 Å². The van der Waals surface area contributed by atoms with Crippen LogP contribution >= 0.6 is 15.9 Å². The first-order valence-electron chi connectivity index (χ1n) is 10.5. The minimum atomic E-state index is -0.576. The molecule has 5 nitrogen and oxygen atoms in total. The molecule has 0 bridgehead atoms. The van der Waals surface area contributed by atoms with Gasteiger partial charge in [-0.1, -0.05) is 65.5 Å². The van der Waals surface area contributed by atoms with Crippen molar-refractivity contribution in [2.24, 2.45) is 0 Å². The van der Waals surface area contributed by atoms with Gasteiger partial charge in [0.15, 0.2) is 6.61 Å². The number of rotatable bonds is 8. The molecule has 0 radical (unpaired) electrons. The van der Waals surface area contributed by atoms with Crippen LogP contribution in [0.25, 0.3) is 0 Å². The zero-order chi connectivity index (χ0) is 21.3. The van der Waals surface area contributed by atoms with E-state index in [1.807, 2.05) is 42.5 Å². The summed E-state index contributed by atoms with van der Waals surface area (Å²) in [6, 6.07) is 16.7. The third kappa shape index (κ3) is 6.59. The number of hydrogen-bond donors (Lipinski definition) is 1. The molecule has 30 heavy (non-hydrogen) atoms. The summed E-state index contributed by atoms with van der Waals surface area (Å²) in [5.74, 6) is 0.299. The van der Waals surface area contributed by atoms with E-state index in [0.717, 1.165) is 35.7 Å². The van der Waals surface area contributed by atoms with E-state index in [1.54, 1.807) is 24.0 Å². The number of hydrogen-bond acceptors (Lipinski definition) is 3. The maximum absolute atomic E-state index is 13.0. The second-order valence-corrected chi connectivity index (χ2v) is 8.69. The highest BCUT2D eigenvalue weighted by Crippen LogP contribution is 2.19. The van der Waals surface area contributed by atoms with Crippen molar-refractivity contribution >= 4 is 27.7 Å².